The van der Waals surface area contributed by atoms with E-state index in [-0.39, 0.29) is 30.1 Å². The second-order valence-electron chi connectivity index (χ2n) is 7.52. The maximum Gasteiger partial charge on any atom is 0.247 e. The standard InChI is InChI=1S/C19H21Cl2N3O3/c20-12-7-13(21)9-14(8-12)22-18(26)16-2-1-5-23(16)19(27)11-6-17(25)24(10-11)15-3-4-15/h7-9,11,15-16H,1-6,10H2,(H,22,26). The SMILES string of the molecule is O=C(Nc1cc(Cl)cc(Cl)c1)C1CCCN1C(=O)C1CC(=O)N(C2CC2)C1. The number of anilines is 1. The van der Waals surface area contributed by atoms with Gasteiger partial charge in [-0.3, -0.25) is 14.4 Å². The van der Waals surface area contributed by atoms with E-state index in [1.54, 1.807) is 23.1 Å². The summed E-state index contributed by atoms with van der Waals surface area (Å²) in [6.07, 6.45) is 3.70. The summed E-state index contributed by atoms with van der Waals surface area (Å²) in [5.41, 5.74) is 0.507. The molecule has 2 heterocycles. The molecule has 1 aliphatic carbocycles. The van der Waals surface area contributed by atoms with Crippen molar-refractivity contribution < 1.29 is 14.4 Å². The molecule has 3 fully saturated rings. The van der Waals surface area contributed by atoms with E-state index in [1.807, 2.05) is 4.90 Å². The molecule has 0 radical (unpaired) electrons. The Hall–Kier alpha value is -1.79. The van der Waals surface area contributed by atoms with Crippen LogP contribution in [0.15, 0.2) is 18.2 Å². The van der Waals surface area contributed by atoms with Crippen LogP contribution >= 0.6 is 23.2 Å². The average molecular weight is 410 g/mol. The fraction of sp³-hybridized carbons (Fsp3) is 0.526. The Morgan fingerprint density at radius 1 is 1.07 bits per heavy atom. The summed E-state index contributed by atoms with van der Waals surface area (Å²) in [5.74, 6) is -0.618. The number of benzene rings is 1. The number of amides is 3. The van der Waals surface area contributed by atoms with Gasteiger partial charge in [0.25, 0.3) is 0 Å². The number of carbonyl (C=O) groups excluding carboxylic acids is 3. The summed E-state index contributed by atoms with van der Waals surface area (Å²) in [7, 11) is 0. The van der Waals surface area contributed by atoms with Crippen LogP contribution in [0.5, 0.6) is 0 Å². The zero-order valence-electron chi connectivity index (χ0n) is 14.8. The molecular weight excluding hydrogens is 389 g/mol. The van der Waals surface area contributed by atoms with Gasteiger partial charge in [0.2, 0.25) is 17.7 Å². The summed E-state index contributed by atoms with van der Waals surface area (Å²) in [6.45, 7) is 1.03. The Morgan fingerprint density at radius 3 is 2.44 bits per heavy atom. The van der Waals surface area contributed by atoms with Crippen LogP contribution in [0.25, 0.3) is 0 Å². The number of nitrogens with one attached hydrogen (secondary N) is 1. The van der Waals surface area contributed by atoms with E-state index in [4.69, 9.17) is 23.2 Å². The molecule has 8 heteroatoms. The lowest BCUT2D eigenvalue weighted by Crippen LogP contribution is -2.46. The van der Waals surface area contributed by atoms with Crippen molar-refractivity contribution in [3.8, 4) is 0 Å². The molecule has 0 spiro atoms. The van der Waals surface area contributed by atoms with E-state index in [0.717, 1.165) is 19.3 Å². The number of hydrogen-bond acceptors (Lipinski definition) is 3. The van der Waals surface area contributed by atoms with E-state index in [1.165, 1.54) is 0 Å². The maximum atomic E-state index is 13.0. The number of likely N-dealkylation sites (tertiary alicyclic amines) is 2. The van der Waals surface area contributed by atoms with Crippen LogP contribution in [0.4, 0.5) is 5.69 Å². The number of halogens is 2. The highest BCUT2D eigenvalue weighted by Gasteiger charge is 2.45. The quantitative estimate of drug-likeness (QED) is 0.830. The minimum Gasteiger partial charge on any atom is -0.339 e. The van der Waals surface area contributed by atoms with Crippen LogP contribution < -0.4 is 5.32 Å². The first kappa shape index (κ1) is 18.6. The smallest absolute Gasteiger partial charge is 0.247 e. The third-order valence-corrected chi connectivity index (χ3v) is 5.90. The predicted molar refractivity (Wildman–Crippen MR) is 103 cm³/mol. The van der Waals surface area contributed by atoms with Gasteiger partial charge in [0, 0.05) is 41.3 Å². The summed E-state index contributed by atoms with van der Waals surface area (Å²) in [6, 6.07) is 4.62. The van der Waals surface area contributed by atoms with Crippen molar-refractivity contribution in [3.63, 3.8) is 0 Å². The van der Waals surface area contributed by atoms with Crippen molar-refractivity contribution >= 4 is 46.6 Å². The van der Waals surface area contributed by atoms with Gasteiger partial charge in [-0.2, -0.15) is 0 Å². The second-order valence-corrected chi connectivity index (χ2v) is 8.39. The Labute approximate surface area is 167 Å². The largest absolute Gasteiger partial charge is 0.339 e. The van der Waals surface area contributed by atoms with Gasteiger partial charge in [-0.15, -0.1) is 0 Å². The van der Waals surface area contributed by atoms with E-state index >= 15 is 0 Å². The Morgan fingerprint density at radius 2 is 1.78 bits per heavy atom. The third-order valence-electron chi connectivity index (χ3n) is 5.46. The van der Waals surface area contributed by atoms with Crippen molar-refractivity contribution in [1.82, 2.24) is 9.80 Å². The lowest BCUT2D eigenvalue weighted by atomic mass is 10.1. The van der Waals surface area contributed by atoms with E-state index in [0.29, 0.717) is 41.3 Å². The van der Waals surface area contributed by atoms with Crippen molar-refractivity contribution in [2.24, 2.45) is 5.92 Å². The highest BCUT2D eigenvalue weighted by molar-refractivity contribution is 6.35. The minimum atomic E-state index is -0.527. The van der Waals surface area contributed by atoms with Crippen molar-refractivity contribution in [1.29, 1.82) is 0 Å². The summed E-state index contributed by atoms with van der Waals surface area (Å²) < 4.78 is 0. The zero-order valence-corrected chi connectivity index (χ0v) is 16.3. The van der Waals surface area contributed by atoms with Gasteiger partial charge >= 0.3 is 0 Å². The normalized spacial score (nSPS) is 25.2. The van der Waals surface area contributed by atoms with Gasteiger partial charge in [-0.25, -0.2) is 0 Å². The highest BCUT2D eigenvalue weighted by atomic mass is 35.5. The van der Waals surface area contributed by atoms with Gasteiger partial charge < -0.3 is 15.1 Å². The first-order valence-corrected chi connectivity index (χ1v) is 10.0. The molecule has 2 unspecified atom stereocenters. The molecule has 1 saturated carbocycles. The molecule has 144 valence electrons. The van der Waals surface area contributed by atoms with E-state index in [2.05, 4.69) is 5.32 Å². The van der Waals surface area contributed by atoms with E-state index < -0.39 is 6.04 Å². The van der Waals surface area contributed by atoms with Crippen LogP contribution in [0, 0.1) is 5.92 Å². The monoisotopic (exact) mass is 409 g/mol. The average Bonchev–Trinajstić information content (AvgIpc) is 3.18. The predicted octanol–water partition coefficient (Wildman–Crippen LogP) is 2.93. The molecule has 4 rings (SSSR count). The molecule has 3 aliphatic rings. The molecule has 2 saturated heterocycles. The van der Waals surface area contributed by atoms with E-state index in [9.17, 15) is 14.4 Å². The molecule has 0 aromatic heterocycles. The number of rotatable bonds is 4. The third kappa shape index (κ3) is 3.92. The molecule has 1 aromatic rings. The maximum absolute atomic E-state index is 13.0. The van der Waals surface area contributed by atoms with Crippen molar-refractivity contribution in [2.75, 3.05) is 18.4 Å². The Balaban J connectivity index is 1.43. The zero-order chi connectivity index (χ0) is 19.1. The van der Waals surface area contributed by atoms with Gasteiger partial charge in [0.05, 0.1) is 5.92 Å². The molecule has 2 atom stereocenters. The van der Waals surface area contributed by atoms with Crippen LogP contribution in [0.2, 0.25) is 10.0 Å². The lowest BCUT2D eigenvalue weighted by molar-refractivity contribution is -0.140. The van der Waals surface area contributed by atoms with Crippen molar-refractivity contribution in [3.05, 3.63) is 28.2 Å². The fourth-order valence-corrected chi connectivity index (χ4v) is 4.55. The van der Waals surface area contributed by atoms with Crippen LogP contribution in [-0.2, 0) is 14.4 Å². The molecule has 1 N–H and O–H groups in total. The highest BCUT2D eigenvalue weighted by Crippen LogP contribution is 2.34. The van der Waals surface area contributed by atoms with Gasteiger partial charge in [-0.1, -0.05) is 23.2 Å². The second kappa shape index (κ2) is 7.32. The van der Waals surface area contributed by atoms with Crippen LogP contribution in [0.3, 0.4) is 0 Å². The van der Waals surface area contributed by atoms with Gasteiger partial charge in [0.1, 0.15) is 6.04 Å². The fourth-order valence-electron chi connectivity index (χ4n) is 4.03. The lowest BCUT2D eigenvalue weighted by Gasteiger charge is -2.26. The molecule has 0 bridgehead atoms. The Bertz CT molecular complexity index is 776. The van der Waals surface area contributed by atoms with Crippen LogP contribution in [-0.4, -0.2) is 52.7 Å². The molecule has 6 nitrogen and oxygen atoms in total. The van der Waals surface area contributed by atoms with Crippen molar-refractivity contribution in [2.45, 2.75) is 44.2 Å². The molecule has 2 aliphatic heterocycles. The molecule has 27 heavy (non-hydrogen) atoms. The van der Waals surface area contributed by atoms with Gasteiger partial charge in [-0.05, 0) is 43.9 Å². The first-order valence-electron chi connectivity index (χ1n) is 9.29. The number of nitrogens with zero attached hydrogens (tertiary/aromatic N) is 2. The number of hydrogen-bond donors (Lipinski definition) is 1. The van der Waals surface area contributed by atoms with Crippen LogP contribution in [0.1, 0.15) is 32.1 Å². The summed E-state index contributed by atoms with van der Waals surface area (Å²) in [4.78, 5) is 41.4. The Kier molecular flexibility index (Phi) is 5.03. The molecular formula is C19H21Cl2N3O3. The molecule has 3 amide bonds. The van der Waals surface area contributed by atoms with Gasteiger partial charge in [0.15, 0.2) is 0 Å². The first-order chi connectivity index (χ1) is 12.9. The minimum absolute atomic E-state index is 0.0598. The summed E-state index contributed by atoms with van der Waals surface area (Å²) in [5, 5.41) is 3.67. The topological polar surface area (TPSA) is 69.7 Å². The number of carbonyl (C=O) groups is 3. The summed E-state index contributed by atoms with van der Waals surface area (Å²) >= 11 is 12.0. The molecule has 1 aromatic carbocycles.